The number of carbonyl (C=O) groups excluding carboxylic acids is 1. The highest BCUT2D eigenvalue weighted by molar-refractivity contribution is 5.88. The summed E-state index contributed by atoms with van der Waals surface area (Å²) in [7, 11) is 0. The van der Waals surface area contributed by atoms with E-state index in [1.54, 1.807) is 6.92 Å². The van der Waals surface area contributed by atoms with Crippen LogP contribution in [0.3, 0.4) is 0 Å². The van der Waals surface area contributed by atoms with Gasteiger partial charge in [0.25, 0.3) is 0 Å². The standard InChI is InChI=1S/C24H29N3O3/c1-23(2)29-15-20(21(30-23)16-9-5-4-6-10-16)27-22(28)24(3,25)13-17-14-26-19-12-8-7-11-18(17)19/h4-12,14,20-21,26H,13,15,25H2,1-3H3,(H,27,28)/t20-,21-,24?/m0/s1. The third kappa shape index (κ3) is 4.26. The molecule has 1 aliphatic rings. The summed E-state index contributed by atoms with van der Waals surface area (Å²) in [6, 6.07) is 17.5. The van der Waals surface area contributed by atoms with Gasteiger partial charge in [0.1, 0.15) is 6.10 Å². The lowest BCUT2D eigenvalue weighted by molar-refractivity contribution is -0.285. The number of hydrogen-bond donors (Lipinski definition) is 3. The molecular weight excluding hydrogens is 378 g/mol. The molecule has 1 aromatic heterocycles. The first-order valence-electron chi connectivity index (χ1n) is 10.3. The van der Waals surface area contributed by atoms with Gasteiger partial charge < -0.3 is 25.5 Å². The molecule has 2 heterocycles. The Balaban J connectivity index is 1.52. The molecule has 4 rings (SSSR count). The number of aromatic amines is 1. The number of nitrogens with one attached hydrogen (secondary N) is 2. The average molecular weight is 408 g/mol. The van der Waals surface area contributed by atoms with Crippen molar-refractivity contribution in [2.45, 2.75) is 50.7 Å². The summed E-state index contributed by atoms with van der Waals surface area (Å²) in [5.74, 6) is -0.955. The highest BCUT2D eigenvalue weighted by Gasteiger charge is 2.40. The van der Waals surface area contributed by atoms with E-state index in [0.717, 1.165) is 22.0 Å². The van der Waals surface area contributed by atoms with E-state index in [1.165, 1.54) is 0 Å². The lowest BCUT2D eigenvalue weighted by Crippen LogP contribution is -2.59. The fourth-order valence-electron chi connectivity index (χ4n) is 3.95. The summed E-state index contributed by atoms with van der Waals surface area (Å²) in [4.78, 5) is 16.4. The quantitative estimate of drug-likeness (QED) is 0.604. The molecule has 6 nitrogen and oxygen atoms in total. The molecule has 2 aromatic carbocycles. The van der Waals surface area contributed by atoms with Crippen molar-refractivity contribution in [2.24, 2.45) is 5.73 Å². The minimum atomic E-state index is -1.08. The Labute approximate surface area is 176 Å². The van der Waals surface area contributed by atoms with Crippen molar-refractivity contribution in [2.75, 3.05) is 6.61 Å². The molecule has 1 aliphatic heterocycles. The predicted octanol–water partition coefficient (Wildman–Crippen LogP) is 3.44. The molecule has 0 aliphatic carbocycles. The number of amides is 1. The van der Waals surface area contributed by atoms with Gasteiger partial charge in [-0.05, 0) is 38.0 Å². The van der Waals surface area contributed by atoms with E-state index in [9.17, 15) is 4.79 Å². The van der Waals surface area contributed by atoms with Crippen LogP contribution in [-0.2, 0) is 20.7 Å². The first kappa shape index (κ1) is 20.6. The van der Waals surface area contributed by atoms with Gasteiger partial charge in [-0.2, -0.15) is 0 Å². The molecule has 1 amide bonds. The van der Waals surface area contributed by atoms with Gasteiger partial charge in [0.15, 0.2) is 5.79 Å². The van der Waals surface area contributed by atoms with Crippen LogP contribution in [0.25, 0.3) is 10.9 Å². The minimum Gasteiger partial charge on any atom is -0.361 e. The van der Waals surface area contributed by atoms with E-state index in [4.69, 9.17) is 15.2 Å². The predicted molar refractivity (Wildman–Crippen MR) is 117 cm³/mol. The minimum absolute atomic E-state index is 0.231. The number of carbonyl (C=O) groups is 1. The Morgan fingerprint density at radius 2 is 1.90 bits per heavy atom. The van der Waals surface area contributed by atoms with Crippen LogP contribution in [0, 0.1) is 0 Å². The Hall–Kier alpha value is -2.67. The summed E-state index contributed by atoms with van der Waals surface area (Å²) in [5, 5.41) is 4.16. The summed E-state index contributed by atoms with van der Waals surface area (Å²) < 4.78 is 12.0. The molecule has 0 bridgehead atoms. The fourth-order valence-corrected chi connectivity index (χ4v) is 3.95. The summed E-state index contributed by atoms with van der Waals surface area (Å²) in [5.41, 5.74) is 8.45. The van der Waals surface area contributed by atoms with Crippen LogP contribution in [-0.4, -0.2) is 34.9 Å². The number of fused-ring (bicyclic) bond motifs is 1. The van der Waals surface area contributed by atoms with Crippen molar-refractivity contribution >= 4 is 16.8 Å². The Morgan fingerprint density at radius 1 is 1.20 bits per heavy atom. The Kier molecular flexibility index (Phi) is 5.40. The number of nitrogens with two attached hydrogens (primary N) is 1. The molecule has 0 radical (unpaired) electrons. The lowest BCUT2D eigenvalue weighted by Gasteiger charge is -2.42. The first-order chi connectivity index (χ1) is 14.3. The number of aromatic nitrogens is 1. The van der Waals surface area contributed by atoms with Gasteiger partial charge in [-0.1, -0.05) is 48.5 Å². The number of ether oxygens (including phenoxy) is 2. The van der Waals surface area contributed by atoms with Gasteiger partial charge >= 0.3 is 0 Å². The maximum atomic E-state index is 13.2. The zero-order valence-corrected chi connectivity index (χ0v) is 17.6. The Bertz CT molecular complexity index is 1030. The van der Waals surface area contributed by atoms with Gasteiger partial charge in [-0.3, -0.25) is 4.79 Å². The summed E-state index contributed by atoms with van der Waals surface area (Å²) >= 11 is 0. The summed E-state index contributed by atoms with van der Waals surface area (Å²) in [6.07, 6.45) is 2.02. The molecule has 1 saturated heterocycles. The second-order valence-corrected chi connectivity index (χ2v) is 8.69. The molecule has 6 heteroatoms. The molecule has 1 fully saturated rings. The monoisotopic (exact) mass is 407 g/mol. The van der Waals surface area contributed by atoms with Gasteiger partial charge in [0, 0.05) is 23.5 Å². The van der Waals surface area contributed by atoms with Crippen molar-refractivity contribution in [3.8, 4) is 0 Å². The van der Waals surface area contributed by atoms with Crippen LogP contribution in [0.4, 0.5) is 0 Å². The van der Waals surface area contributed by atoms with Crippen molar-refractivity contribution < 1.29 is 14.3 Å². The van der Waals surface area contributed by atoms with Crippen LogP contribution in [0.1, 0.15) is 38.0 Å². The number of hydrogen-bond acceptors (Lipinski definition) is 4. The van der Waals surface area contributed by atoms with Crippen LogP contribution >= 0.6 is 0 Å². The van der Waals surface area contributed by atoms with Crippen LogP contribution < -0.4 is 11.1 Å². The maximum Gasteiger partial charge on any atom is 0.240 e. The molecule has 0 spiro atoms. The van der Waals surface area contributed by atoms with Gasteiger partial charge in [0.05, 0.1) is 18.2 Å². The highest BCUT2D eigenvalue weighted by atomic mass is 16.7. The zero-order valence-electron chi connectivity index (χ0n) is 17.6. The average Bonchev–Trinajstić information content (AvgIpc) is 3.12. The third-order valence-electron chi connectivity index (χ3n) is 5.58. The third-order valence-corrected chi connectivity index (χ3v) is 5.58. The first-order valence-corrected chi connectivity index (χ1v) is 10.3. The highest BCUT2D eigenvalue weighted by Crippen LogP contribution is 2.33. The van der Waals surface area contributed by atoms with Gasteiger partial charge in [0.2, 0.25) is 5.91 Å². The molecule has 3 atom stereocenters. The van der Waals surface area contributed by atoms with E-state index in [-0.39, 0.29) is 18.1 Å². The SMILES string of the molecule is CC1(C)OC[C@H](NC(=O)C(C)(N)Cc2c[nH]c3ccccc23)[C@H](c2ccccc2)O1. The molecule has 4 N–H and O–H groups in total. The number of rotatable bonds is 5. The summed E-state index contributed by atoms with van der Waals surface area (Å²) in [6.45, 7) is 5.87. The van der Waals surface area contributed by atoms with Crippen molar-refractivity contribution in [3.63, 3.8) is 0 Å². The Morgan fingerprint density at radius 3 is 2.67 bits per heavy atom. The van der Waals surface area contributed by atoms with E-state index >= 15 is 0 Å². The van der Waals surface area contributed by atoms with E-state index in [1.807, 2.05) is 74.6 Å². The zero-order chi connectivity index (χ0) is 21.4. The van der Waals surface area contributed by atoms with Gasteiger partial charge in [-0.15, -0.1) is 0 Å². The number of para-hydroxylation sites is 1. The second-order valence-electron chi connectivity index (χ2n) is 8.69. The number of H-pyrrole nitrogens is 1. The smallest absolute Gasteiger partial charge is 0.240 e. The second kappa shape index (κ2) is 7.87. The van der Waals surface area contributed by atoms with Crippen molar-refractivity contribution in [1.29, 1.82) is 0 Å². The van der Waals surface area contributed by atoms with Crippen molar-refractivity contribution in [1.82, 2.24) is 10.3 Å². The van der Waals surface area contributed by atoms with E-state index in [2.05, 4.69) is 10.3 Å². The molecule has 3 aromatic rings. The molecule has 1 unspecified atom stereocenters. The maximum absolute atomic E-state index is 13.2. The topological polar surface area (TPSA) is 89.4 Å². The lowest BCUT2D eigenvalue weighted by atomic mass is 9.91. The fraction of sp³-hybridized carbons (Fsp3) is 0.375. The van der Waals surface area contributed by atoms with Crippen LogP contribution in [0.5, 0.6) is 0 Å². The molecule has 158 valence electrons. The van der Waals surface area contributed by atoms with Crippen LogP contribution in [0.2, 0.25) is 0 Å². The number of benzene rings is 2. The van der Waals surface area contributed by atoms with E-state index in [0.29, 0.717) is 13.0 Å². The largest absolute Gasteiger partial charge is 0.361 e. The van der Waals surface area contributed by atoms with Crippen molar-refractivity contribution in [3.05, 3.63) is 71.9 Å². The van der Waals surface area contributed by atoms with Gasteiger partial charge in [-0.25, -0.2) is 0 Å². The molecule has 30 heavy (non-hydrogen) atoms. The van der Waals surface area contributed by atoms with E-state index < -0.39 is 11.3 Å². The molecular formula is C24H29N3O3. The normalized spacial score (nSPS) is 23.1. The van der Waals surface area contributed by atoms with Crippen LogP contribution in [0.15, 0.2) is 60.8 Å². The molecule has 0 saturated carbocycles.